The van der Waals surface area contributed by atoms with Gasteiger partial charge in [0.1, 0.15) is 0 Å². The SMILES string of the molecule is Cl.Nc1cccc(CN2CCC(C(F)(F)F)(C(F)(F)F)C2)c1. The van der Waals surface area contributed by atoms with Crippen LogP contribution in [0.2, 0.25) is 0 Å². The molecular weight excluding hydrogens is 334 g/mol. The predicted octanol–water partition coefficient (Wildman–Crippen LogP) is 4.01. The van der Waals surface area contributed by atoms with E-state index in [9.17, 15) is 26.3 Å². The second-order valence-electron chi connectivity index (χ2n) is 5.28. The molecule has 0 saturated carbocycles. The van der Waals surface area contributed by atoms with Crippen LogP contribution in [0.4, 0.5) is 32.0 Å². The molecule has 0 amide bonds. The molecule has 0 spiro atoms. The summed E-state index contributed by atoms with van der Waals surface area (Å²) in [5.41, 5.74) is 2.92. The van der Waals surface area contributed by atoms with Gasteiger partial charge in [0.2, 0.25) is 0 Å². The second-order valence-corrected chi connectivity index (χ2v) is 5.28. The summed E-state index contributed by atoms with van der Waals surface area (Å²) in [6.07, 6.45) is -11.6. The average Bonchev–Trinajstić information content (AvgIpc) is 2.73. The van der Waals surface area contributed by atoms with E-state index in [0.29, 0.717) is 11.3 Å². The van der Waals surface area contributed by atoms with Crippen molar-refractivity contribution in [2.45, 2.75) is 25.3 Å². The van der Waals surface area contributed by atoms with Crippen LogP contribution in [0.5, 0.6) is 0 Å². The Morgan fingerprint density at radius 3 is 2.14 bits per heavy atom. The minimum absolute atomic E-state index is 0. The Bertz CT molecular complexity index is 500. The molecule has 22 heavy (non-hydrogen) atoms. The van der Waals surface area contributed by atoms with Crippen molar-refractivity contribution in [1.82, 2.24) is 4.90 Å². The quantitative estimate of drug-likeness (QED) is 0.646. The van der Waals surface area contributed by atoms with Crippen LogP contribution in [0.15, 0.2) is 24.3 Å². The third-order valence-corrected chi connectivity index (χ3v) is 3.79. The second kappa shape index (κ2) is 6.16. The molecule has 2 nitrogen and oxygen atoms in total. The highest BCUT2D eigenvalue weighted by molar-refractivity contribution is 5.85. The fraction of sp³-hybridized carbons (Fsp3) is 0.538. The van der Waals surface area contributed by atoms with Crippen molar-refractivity contribution in [3.63, 3.8) is 0 Å². The zero-order valence-electron chi connectivity index (χ0n) is 11.3. The minimum Gasteiger partial charge on any atom is -0.399 e. The first-order valence-electron chi connectivity index (χ1n) is 6.25. The van der Waals surface area contributed by atoms with Gasteiger partial charge in [-0.1, -0.05) is 12.1 Å². The standard InChI is InChI=1S/C13H14F6N2.ClH/c14-12(15,16)11(13(17,18)19)4-5-21(8-11)7-9-2-1-3-10(20)6-9;/h1-3,6H,4-5,7-8,20H2;1H. The molecule has 1 aliphatic rings. The molecule has 0 unspecified atom stereocenters. The van der Waals surface area contributed by atoms with Gasteiger partial charge in [-0.25, -0.2) is 0 Å². The Hall–Kier alpha value is -1.15. The van der Waals surface area contributed by atoms with Crippen molar-refractivity contribution < 1.29 is 26.3 Å². The number of likely N-dealkylation sites (tertiary alicyclic amines) is 1. The Morgan fingerprint density at radius 1 is 1.09 bits per heavy atom. The van der Waals surface area contributed by atoms with Gasteiger partial charge in [-0.2, -0.15) is 26.3 Å². The zero-order valence-corrected chi connectivity index (χ0v) is 12.2. The van der Waals surface area contributed by atoms with Crippen LogP contribution in [0, 0.1) is 5.41 Å². The van der Waals surface area contributed by atoms with Crippen LogP contribution in [-0.4, -0.2) is 30.3 Å². The Labute approximate surface area is 129 Å². The van der Waals surface area contributed by atoms with Gasteiger partial charge in [0.05, 0.1) is 0 Å². The maximum Gasteiger partial charge on any atom is 0.404 e. The number of hydrogen-bond acceptors (Lipinski definition) is 2. The van der Waals surface area contributed by atoms with Gasteiger partial charge < -0.3 is 5.73 Å². The Morgan fingerprint density at radius 2 is 1.68 bits per heavy atom. The topological polar surface area (TPSA) is 29.3 Å². The van der Waals surface area contributed by atoms with Crippen molar-refractivity contribution in [3.8, 4) is 0 Å². The molecule has 9 heteroatoms. The van der Waals surface area contributed by atoms with Gasteiger partial charge in [0.25, 0.3) is 0 Å². The number of hydrogen-bond donors (Lipinski definition) is 1. The molecule has 0 aromatic heterocycles. The van der Waals surface area contributed by atoms with Crippen LogP contribution in [0.3, 0.4) is 0 Å². The summed E-state index contributed by atoms with van der Waals surface area (Å²) < 4.78 is 77.5. The van der Waals surface area contributed by atoms with Crippen molar-refractivity contribution in [1.29, 1.82) is 0 Å². The van der Waals surface area contributed by atoms with E-state index in [2.05, 4.69) is 0 Å². The van der Waals surface area contributed by atoms with E-state index in [4.69, 9.17) is 5.73 Å². The van der Waals surface area contributed by atoms with Crippen LogP contribution in [0.25, 0.3) is 0 Å². The minimum atomic E-state index is -5.31. The molecule has 1 aliphatic heterocycles. The molecule has 0 aliphatic carbocycles. The molecule has 1 heterocycles. The van der Waals surface area contributed by atoms with Gasteiger partial charge in [-0.3, -0.25) is 4.90 Å². The summed E-state index contributed by atoms with van der Waals surface area (Å²) in [6.45, 7) is -1.32. The molecule has 1 aromatic rings. The number of benzene rings is 1. The largest absolute Gasteiger partial charge is 0.404 e. The maximum atomic E-state index is 12.9. The molecule has 1 fully saturated rings. The molecule has 1 aromatic carbocycles. The first-order valence-corrected chi connectivity index (χ1v) is 6.25. The number of nitrogen functional groups attached to an aromatic ring is 1. The highest BCUT2D eigenvalue weighted by Crippen LogP contribution is 2.55. The van der Waals surface area contributed by atoms with Crippen LogP contribution in [0.1, 0.15) is 12.0 Å². The number of alkyl halides is 6. The Kier molecular flexibility index (Phi) is 5.29. The lowest BCUT2D eigenvalue weighted by Gasteiger charge is -2.33. The first kappa shape index (κ1) is 18.9. The molecule has 2 rings (SSSR count). The molecule has 1 saturated heterocycles. The van der Waals surface area contributed by atoms with Gasteiger partial charge in [-0.15, -0.1) is 12.4 Å². The van der Waals surface area contributed by atoms with Gasteiger partial charge in [0.15, 0.2) is 5.41 Å². The third kappa shape index (κ3) is 3.43. The lowest BCUT2D eigenvalue weighted by atomic mass is 9.85. The van der Waals surface area contributed by atoms with Crippen LogP contribution >= 0.6 is 12.4 Å². The van der Waals surface area contributed by atoms with E-state index in [-0.39, 0.29) is 25.5 Å². The van der Waals surface area contributed by atoms with E-state index in [1.54, 1.807) is 24.3 Å². The summed E-state index contributed by atoms with van der Waals surface area (Å²) in [4.78, 5) is 1.16. The van der Waals surface area contributed by atoms with E-state index in [1.165, 1.54) is 0 Å². The van der Waals surface area contributed by atoms with Gasteiger partial charge in [0, 0.05) is 18.8 Å². The fourth-order valence-electron chi connectivity index (χ4n) is 2.60. The number of nitrogens with two attached hydrogens (primary N) is 1. The van der Waals surface area contributed by atoms with Gasteiger partial charge >= 0.3 is 12.4 Å². The molecule has 126 valence electrons. The van der Waals surface area contributed by atoms with Crippen molar-refractivity contribution in [2.24, 2.45) is 5.41 Å². The maximum absolute atomic E-state index is 12.9. The summed E-state index contributed by atoms with van der Waals surface area (Å²) in [5.74, 6) is 0. The van der Waals surface area contributed by atoms with Crippen LogP contribution in [-0.2, 0) is 6.54 Å². The zero-order chi connectivity index (χ0) is 15.9. The highest BCUT2D eigenvalue weighted by Gasteiger charge is 2.72. The molecular formula is C13H15ClF6N2. The monoisotopic (exact) mass is 348 g/mol. The number of rotatable bonds is 2. The number of anilines is 1. The van der Waals surface area contributed by atoms with E-state index in [1.807, 2.05) is 0 Å². The Balaban J connectivity index is 0.00000242. The highest BCUT2D eigenvalue weighted by atomic mass is 35.5. The number of halogens is 7. The van der Waals surface area contributed by atoms with Crippen molar-refractivity contribution >= 4 is 18.1 Å². The summed E-state index contributed by atoms with van der Waals surface area (Å²) in [5, 5.41) is 0. The smallest absolute Gasteiger partial charge is 0.399 e. The van der Waals surface area contributed by atoms with Crippen LogP contribution < -0.4 is 5.73 Å². The third-order valence-electron chi connectivity index (χ3n) is 3.79. The summed E-state index contributed by atoms with van der Waals surface area (Å²) in [7, 11) is 0. The fourth-order valence-corrected chi connectivity index (χ4v) is 2.60. The van der Waals surface area contributed by atoms with Crippen molar-refractivity contribution in [3.05, 3.63) is 29.8 Å². The normalized spacial score (nSPS) is 19.0. The van der Waals surface area contributed by atoms with E-state index >= 15 is 0 Å². The predicted molar refractivity (Wildman–Crippen MR) is 72.5 cm³/mol. The summed E-state index contributed by atoms with van der Waals surface area (Å²) in [6, 6.07) is 6.38. The van der Waals surface area contributed by atoms with E-state index in [0.717, 1.165) is 4.90 Å². The number of nitrogens with zero attached hydrogens (tertiary/aromatic N) is 1. The molecule has 0 atom stereocenters. The molecule has 2 N–H and O–H groups in total. The average molecular weight is 349 g/mol. The van der Waals surface area contributed by atoms with Gasteiger partial charge in [-0.05, 0) is 30.7 Å². The lowest BCUT2D eigenvalue weighted by Crippen LogP contribution is -2.51. The lowest BCUT2D eigenvalue weighted by molar-refractivity contribution is -0.335. The van der Waals surface area contributed by atoms with E-state index < -0.39 is 30.7 Å². The molecule has 0 radical (unpaired) electrons. The van der Waals surface area contributed by atoms with Crippen molar-refractivity contribution in [2.75, 3.05) is 18.8 Å². The first-order chi connectivity index (χ1) is 9.55. The molecule has 0 bridgehead atoms. The summed E-state index contributed by atoms with van der Waals surface area (Å²) >= 11 is 0.